The number of nitrogens with one attached hydrogen (secondary N) is 2. The Bertz CT molecular complexity index is 4300. The van der Waals surface area contributed by atoms with Crippen LogP contribution < -0.4 is 103 Å². The van der Waals surface area contributed by atoms with Gasteiger partial charge in [0.25, 0.3) is 23.6 Å². The molecular formula is C50H26K2N10O10S2. The van der Waals surface area contributed by atoms with Crippen LogP contribution in [-0.4, -0.2) is 99.2 Å². The molecule has 0 unspecified atom stereocenters. The fraction of sp³-hybridized carbons (Fsp3) is 0.0400. The number of carbonyl (C=O) groups is 4. The van der Waals surface area contributed by atoms with E-state index in [1.54, 1.807) is 84.9 Å². The zero-order valence-corrected chi connectivity index (χ0v) is 46.3. The summed E-state index contributed by atoms with van der Waals surface area (Å²) in [7, 11) is -10.00. The van der Waals surface area contributed by atoms with Gasteiger partial charge in [0.1, 0.15) is 37.4 Å². The number of H-pyrrole nitrogens is 2. The molecule has 74 heavy (non-hydrogen) atoms. The van der Waals surface area contributed by atoms with Crippen molar-refractivity contribution >= 4 is 65.9 Å². The molecule has 7 heterocycles. The van der Waals surface area contributed by atoms with Crippen molar-refractivity contribution in [1.82, 2.24) is 49.7 Å². The molecule has 0 saturated heterocycles. The number of fused-ring (bicyclic) bond motifs is 22. The number of carbonyl (C=O) groups excluding carboxylic acids is 4. The van der Waals surface area contributed by atoms with Crippen LogP contribution >= 0.6 is 0 Å². The zero-order valence-electron chi connectivity index (χ0n) is 38.4. The van der Waals surface area contributed by atoms with Crippen LogP contribution in [0.2, 0.25) is 0 Å². The van der Waals surface area contributed by atoms with E-state index in [1.165, 1.54) is 12.1 Å². The predicted molar refractivity (Wildman–Crippen MR) is 252 cm³/mol. The Hall–Kier alpha value is -5.95. The first-order valence-corrected chi connectivity index (χ1v) is 24.6. The summed E-state index contributed by atoms with van der Waals surface area (Å²) in [4.78, 5) is 90.4. The van der Waals surface area contributed by atoms with Crippen LogP contribution in [-0.2, 0) is 33.3 Å². The third-order valence-corrected chi connectivity index (χ3v) is 14.6. The number of aromatic nitrogens is 8. The predicted octanol–water partition coefficient (Wildman–Crippen LogP) is 0.181. The number of benzene rings is 6. The van der Waals surface area contributed by atoms with Crippen molar-refractivity contribution in [2.75, 3.05) is 0 Å². The van der Waals surface area contributed by atoms with Gasteiger partial charge in [0, 0.05) is 44.2 Å². The van der Waals surface area contributed by atoms with E-state index in [-0.39, 0.29) is 201 Å². The number of aromatic amines is 2. The van der Waals surface area contributed by atoms with E-state index in [0.717, 1.165) is 34.1 Å². The van der Waals surface area contributed by atoms with Crippen LogP contribution in [0.1, 0.15) is 52.6 Å². The molecule has 6 aromatic carbocycles. The molecule has 20 nitrogen and oxygen atoms in total. The number of amides is 4. The average molecular weight is 1070 g/mol. The maximum Gasteiger partial charge on any atom is 1.00 e. The Morgan fingerprint density at radius 2 is 0.811 bits per heavy atom. The Morgan fingerprint density at radius 1 is 0.405 bits per heavy atom. The molecule has 2 aromatic heterocycles. The minimum atomic E-state index is -5.00. The van der Waals surface area contributed by atoms with Gasteiger partial charge in [-0.1, -0.05) is 48.5 Å². The molecule has 4 amide bonds. The van der Waals surface area contributed by atoms with Gasteiger partial charge in [-0.2, -0.15) is 0 Å². The summed E-state index contributed by atoms with van der Waals surface area (Å²) in [5.41, 5.74) is 4.33. The summed E-state index contributed by atoms with van der Waals surface area (Å²) in [5.74, 6) is -1.86. The standard InChI is InChI=1S/C50H28N10O10S2.2K/c61-47-31-5-1-2-6-32(31)48(62)59(47)21-23-9-13-27-35(17-23)43-52-39(27)51-40-28-14-10-24(22-60-49(63)33-7-3-4-8-34(33)50(60)64)18-36(28)44(53-40)58-46-38-20-26(72(68,69)70)12-16-30(38)42(57-46)56-45-37-19-25(71(65,66)67)11-15-29(37)41(54-43)55-45;;/h1-20H,21-22H2,(H,65,66,67)(H,68,69,70)(H2,51,52,53,54,55,56,57,58);;/q;2*+1/p-2. The largest absolute Gasteiger partial charge is 1.00 e. The monoisotopic (exact) mass is 1070 g/mol. The van der Waals surface area contributed by atoms with Gasteiger partial charge in [-0.25, -0.2) is 46.7 Å². The van der Waals surface area contributed by atoms with E-state index in [0.29, 0.717) is 38.7 Å². The maximum absolute atomic E-state index is 13.5. The number of hydrogen-bond donors (Lipinski definition) is 2. The Balaban J connectivity index is 0.00000294. The molecule has 0 fully saturated rings. The van der Waals surface area contributed by atoms with Crippen LogP contribution in [0.4, 0.5) is 0 Å². The normalized spacial score (nSPS) is 13.7. The molecule has 2 N–H and O–H groups in total. The van der Waals surface area contributed by atoms with Crippen LogP contribution in [0.3, 0.4) is 0 Å². The average Bonchev–Trinajstić information content (AvgIpc) is 4.18. The van der Waals surface area contributed by atoms with Crippen LogP contribution in [0.15, 0.2) is 131 Å². The fourth-order valence-electron chi connectivity index (χ4n) is 9.49. The maximum atomic E-state index is 13.5. The third-order valence-electron chi connectivity index (χ3n) is 12.9. The SMILES string of the molecule is O=C1c2ccccc2C(=O)N1Cc1ccc2c(c1)-c1nc3nc(nc4nc(nc5[nH]c([nH]c-2n1)c1ccc(CN2C(=O)c6ccccc6C2=O)cc51)-c1ccc(S(=O)(=O)[O-])cc1-4)-c1ccc(S(=O)(=O)[O-])cc1-3.[K+].[K+]. The van der Waals surface area contributed by atoms with Crippen LogP contribution in [0.25, 0.3) is 90.4 Å². The van der Waals surface area contributed by atoms with E-state index in [9.17, 15) is 45.1 Å². The smallest absolute Gasteiger partial charge is 0.744 e. The molecular weight excluding hydrogens is 1040 g/mol. The summed E-state index contributed by atoms with van der Waals surface area (Å²) in [5, 5.41) is 1.05. The second-order valence-corrected chi connectivity index (χ2v) is 19.9. The summed E-state index contributed by atoms with van der Waals surface area (Å²) in [6, 6.07) is 30.6. The van der Waals surface area contributed by atoms with E-state index >= 15 is 0 Å². The molecule has 0 spiro atoms. The summed E-state index contributed by atoms with van der Waals surface area (Å²) in [6.07, 6.45) is 0. The minimum Gasteiger partial charge on any atom is -0.744 e. The van der Waals surface area contributed by atoms with Gasteiger partial charge in [-0.05, 0) is 83.9 Å². The minimum absolute atomic E-state index is 0. The first-order valence-electron chi connectivity index (χ1n) is 21.7. The number of imide groups is 2. The molecule has 0 radical (unpaired) electrons. The number of hydrogen-bond acceptors (Lipinski definition) is 16. The molecule has 0 atom stereocenters. The third kappa shape index (κ3) is 8.25. The second-order valence-electron chi connectivity index (χ2n) is 17.2. The summed E-state index contributed by atoms with van der Waals surface area (Å²) >= 11 is 0. The van der Waals surface area contributed by atoms with Gasteiger partial charge < -0.3 is 19.1 Å². The fourth-order valence-corrected chi connectivity index (χ4v) is 10.5. The summed E-state index contributed by atoms with van der Waals surface area (Å²) in [6.45, 7) is -0.204. The quantitative estimate of drug-likeness (QED) is 0.128. The van der Waals surface area contributed by atoms with Crippen molar-refractivity contribution in [2.24, 2.45) is 0 Å². The molecule has 8 bridgehead atoms. The van der Waals surface area contributed by atoms with E-state index in [4.69, 9.17) is 24.9 Å². The summed E-state index contributed by atoms with van der Waals surface area (Å²) < 4.78 is 74.2. The molecule has 24 heteroatoms. The van der Waals surface area contributed by atoms with Crippen molar-refractivity contribution in [3.63, 3.8) is 0 Å². The van der Waals surface area contributed by atoms with Gasteiger partial charge in [0.15, 0.2) is 29.1 Å². The molecule has 8 aromatic rings. The zero-order chi connectivity index (χ0) is 49.5. The molecule has 0 saturated carbocycles. The van der Waals surface area contributed by atoms with Crippen molar-refractivity contribution < 1.29 is 148 Å². The van der Waals surface area contributed by atoms with Gasteiger partial charge in [-0.15, -0.1) is 0 Å². The van der Waals surface area contributed by atoms with E-state index < -0.39 is 53.7 Å². The Morgan fingerprint density at radius 3 is 1.30 bits per heavy atom. The van der Waals surface area contributed by atoms with Gasteiger partial charge in [0.05, 0.1) is 45.1 Å². The molecule has 350 valence electrons. The first kappa shape index (κ1) is 50.2. The molecule has 5 aliphatic rings. The van der Waals surface area contributed by atoms with Gasteiger partial charge >= 0.3 is 103 Å². The van der Waals surface area contributed by atoms with Crippen molar-refractivity contribution in [1.29, 1.82) is 0 Å². The van der Waals surface area contributed by atoms with Gasteiger partial charge in [0.2, 0.25) is 0 Å². The second kappa shape index (κ2) is 18.4. The topological polar surface area (TPSA) is 298 Å². The Kier molecular flexibility index (Phi) is 12.5. The van der Waals surface area contributed by atoms with Crippen LogP contribution in [0.5, 0.6) is 0 Å². The van der Waals surface area contributed by atoms with Gasteiger partial charge in [-0.3, -0.25) is 29.0 Å². The van der Waals surface area contributed by atoms with Crippen molar-refractivity contribution in [2.45, 2.75) is 22.9 Å². The van der Waals surface area contributed by atoms with E-state index in [1.807, 2.05) is 0 Å². The molecule has 13 rings (SSSR count). The first-order chi connectivity index (χ1) is 34.6. The van der Waals surface area contributed by atoms with Crippen LogP contribution in [0, 0.1) is 0 Å². The number of rotatable bonds is 6. The van der Waals surface area contributed by atoms with Crippen molar-refractivity contribution in [3.05, 3.63) is 155 Å². The van der Waals surface area contributed by atoms with Crippen molar-refractivity contribution in [3.8, 4) is 68.3 Å². The molecule has 5 aliphatic heterocycles. The van der Waals surface area contributed by atoms with E-state index in [2.05, 4.69) is 15.0 Å². The number of nitrogens with zero attached hydrogens (tertiary/aromatic N) is 8. The Labute approximate surface area is 502 Å². The molecule has 0 aliphatic carbocycles.